The third kappa shape index (κ3) is 2.24. The van der Waals surface area contributed by atoms with Gasteiger partial charge in [0, 0.05) is 6.04 Å². The first-order chi connectivity index (χ1) is 13.3. The molecule has 0 heterocycles. The first-order valence-electron chi connectivity index (χ1n) is 12.7. The summed E-state index contributed by atoms with van der Waals surface area (Å²) in [5, 5.41) is 0. The molecule has 9 unspecified atom stereocenters. The first kappa shape index (κ1) is 19.7. The molecule has 8 aliphatic carbocycles. The molecule has 8 bridgehead atoms. The Morgan fingerprint density at radius 2 is 1.68 bits per heavy atom. The van der Waals surface area contributed by atoms with Gasteiger partial charge in [0.25, 0.3) is 0 Å². The highest BCUT2D eigenvalue weighted by atomic mass is 14.8. The Balaban J connectivity index is 1.61. The van der Waals surface area contributed by atoms with Crippen LogP contribution in [0.5, 0.6) is 0 Å². The minimum absolute atomic E-state index is 0.337. The number of rotatable bonds is 5. The molecule has 1 heteroatoms. The van der Waals surface area contributed by atoms with E-state index >= 15 is 0 Å². The van der Waals surface area contributed by atoms with Crippen LogP contribution in [0.2, 0.25) is 0 Å². The average molecular weight is 384 g/mol. The highest BCUT2D eigenvalue weighted by molar-refractivity contribution is 5.34. The fraction of sp³-hybridized carbons (Fsp3) is 0.926. The fourth-order valence-corrected chi connectivity index (χ4v) is 10.4. The van der Waals surface area contributed by atoms with Gasteiger partial charge in [0.1, 0.15) is 0 Å². The molecule has 0 aromatic rings. The number of hydrogen-bond acceptors (Lipinski definition) is 1. The molecule has 6 fully saturated rings. The molecule has 0 spiro atoms. The van der Waals surface area contributed by atoms with Gasteiger partial charge in [0.05, 0.1) is 0 Å². The predicted octanol–water partition coefficient (Wildman–Crippen LogP) is 6.97. The van der Waals surface area contributed by atoms with Crippen LogP contribution >= 0.6 is 0 Å². The molecule has 0 aromatic heterocycles. The zero-order valence-corrected chi connectivity index (χ0v) is 19.3. The van der Waals surface area contributed by atoms with Gasteiger partial charge >= 0.3 is 0 Å². The Bertz CT molecular complexity index is 663. The number of nitrogens with two attached hydrogens (primary N) is 1. The van der Waals surface area contributed by atoms with Crippen molar-refractivity contribution in [3.8, 4) is 0 Å². The topological polar surface area (TPSA) is 26.0 Å². The lowest BCUT2D eigenvalue weighted by Gasteiger charge is -2.58. The third-order valence-electron chi connectivity index (χ3n) is 11.6. The zero-order chi connectivity index (χ0) is 19.9. The summed E-state index contributed by atoms with van der Waals surface area (Å²) in [6.07, 6.45) is 17.0. The zero-order valence-electron chi connectivity index (χ0n) is 19.3. The lowest BCUT2D eigenvalue weighted by atomic mass is 9.46. The second kappa shape index (κ2) is 6.35. The smallest absolute Gasteiger partial charge is 0.0293 e. The summed E-state index contributed by atoms with van der Waals surface area (Å²) in [5.41, 5.74) is 10.4. The summed E-state index contributed by atoms with van der Waals surface area (Å²) in [6, 6.07) is 0.337. The second-order valence-corrected chi connectivity index (χ2v) is 12.6. The summed E-state index contributed by atoms with van der Waals surface area (Å²) in [7, 11) is 0. The van der Waals surface area contributed by atoms with Gasteiger partial charge in [-0.05, 0) is 96.7 Å². The van der Waals surface area contributed by atoms with Crippen molar-refractivity contribution in [1.82, 2.24) is 0 Å². The number of fused-ring (bicyclic) bond motifs is 1. The van der Waals surface area contributed by atoms with E-state index in [4.69, 9.17) is 5.73 Å². The van der Waals surface area contributed by atoms with Crippen molar-refractivity contribution in [3.05, 3.63) is 11.6 Å². The van der Waals surface area contributed by atoms with Crippen molar-refractivity contribution in [2.75, 3.05) is 0 Å². The highest BCUT2D eigenvalue weighted by Gasteiger charge is 2.70. The van der Waals surface area contributed by atoms with Gasteiger partial charge in [-0.2, -0.15) is 0 Å². The van der Waals surface area contributed by atoms with Gasteiger partial charge in [-0.3, -0.25) is 0 Å². The lowest BCUT2D eigenvalue weighted by Crippen LogP contribution is -2.56. The van der Waals surface area contributed by atoms with Crippen LogP contribution in [0.1, 0.15) is 98.8 Å². The number of allylic oxidation sites excluding steroid dienone is 1. The summed E-state index contributed by atoms with van der Waals surface area (Å²) in [5.74, 6) is 5.22. The Morgan fingerprint density at radius 3 is 2.43 bits per heavy atom. The van der Waals surface area contributed by atoms with Crippen LogP contribution in [-0.4, -0.2) is 6.04 Å². The maximum absolute atomic E-state index is 7.25. The summed E-state index contributed by atoms with van der Waals surface area (Å²) >= 11 is 0. The van der Waals surface area contributed by atoms with Crippen molar-refractivity contribution >= 4 is 0 Å². The fourth-order valence-electron chi connectivity index (χ4n) is 10.4. The van der Waals surface area contributed by atoms with Crippen LogP contribution in [0.25, 0.3) is 0 Å². The largest absolute Gasteiger partial charge is 0.324 e. The quantitative estimate of drug-likeness (QED) is 0.510. The molecule has 0 aromatic carbocycles. The van der Waals surface area contributed by atoms with Gasteiger partial charge < -0.3 is 5.73 Å². The summed E-state index contributed by atoms with van der Waals surface area (Å²) in [6.45, 7) is 12.8. The van der Waals surface area contributed by atoms with Crippen LogP contribution in [0, 0.1) is 51.8 Å². The number of hydrogen-bond donors (Lipinski definition) is 1. The van der Waals surface area contributed by atoms with Gasteiger partial charge in [-0.25, -0.2) is 0 Å². The molecule has 8 aliphatic rings. The Morgan fingerprint density at radius 1 is 0.964 bits per heavy atom. The van der Waals surface area contributed by atoms with E-state index in [1.807, 2.05) is 0 Å². The predicted molar refractivity (Wildman–Crippen MR) is 119 cm³/mol. The molecule has 0 saturated heterocycles. The van der Waals surface area contributed by atoms with E-state index in [-0.39, 0.29) is 0 Å². The lowest BCUT2D eigenvalue weighted by molar-refractivity contribution is -0.0968. The van der Waals surface area contributed by atoms with E-state index in [0.29, 0.717) is 22.3 Å². The summed E-state index contributed by atoms with van der Waals surface area (Å²) in [4.78, 5) is 0. The SMILES string of the molecule is CC(C)CCCC(C)C12CCC3C4CC=C5C(N)C1CCC5(C)C4CCC32C. The van der Waals surface area contributed by atoms with Crippen molar-refractivity contribution in [2.24, 2.45) is 57.5 Å². The maximum Gasteiger partial charge on any atom is 0.0293 e. The monoisotopic (exact) mass is 383 g/mol. The molecule has 8 rings (SSSR count). The van der Waals surface area contributed by atoms with E-state index in [1.165, 1.54) is 64.2 Å². The molecule has 2 N–H and O–H groups in total. The molecular weight excluding hydrogens is 338 g/mol. The van der Waals surface area contributed by atoms with Crippen LogP contribution in [-0.2, 0) is 0 Å². The van der Waals surface area contributed by atoms with Gasteiger partial charge in [0.15, 0.2) is 0 Å². The maximum atomic E-state index is 7.25. The molecular formula is C27H45N. The Kier molecular flexibility index (Phi) is 4.46. The molecule has 6 saturated carbocycles. The molecule has 9 atom stereocenters. The Labute approximate surface area is 174 Å². The average Bonchev–Trinajstić information content (AvgIpc) is 2.98. The van der Waals surface area contributed by atoms with E-state index < -0.39 is 0 Å². The summed E-state index contributed by atoms with van der Waals surface area (Å²) < 4.78 is 0. The molecule has 1 nitrogen and oxygen atoms in total. The normalized spacial score (nSPS) is 52.5. The van der Waals surface area contributed by atoms with E-state index in [9.17, 15) is 0 Å². The van der Waals surface area contributed by atoms with Gasteiger partial charge in [0.2, 0.25) is 0 Å². The Hall–Kier alpha value is -0.300. The van der Waals surface area contributed by atoms with Crippen LogP contribution in [0.3, 0.4) is 0 Å². The van der Waals surface area contributed by atoms with Crippen LogP contribution < -0.4 is 5.73 Å². The van der Waals surface area contributed by atoms with Crippen molar-refractivity contribution < 1.29 is 0 Å². The molecule has 28 heavy (non-hydrogen) atoms. The molecule has 158 valence electrons. The highest BCUT2D eigenvalue weighted by Crippen LogP contribution is 2.77. The molecule has 0 amide bonds. The first-order valence-corrected chi connectivity index (χ1v) is 12.7. The van der Waals surface area contributed by atoms with Gasteiger partial charge in [-0.15, -0.1) is 0 Å². The second-order valence-electron chi connectivity index (χ2n) is 12.6. The van der Waals surface area contributed by atoms with Crippen molar-refractivity contribution in [1.29, 1.82) is 0 Å². The van der Waals surface area contributed by atoms with Crippen molar-refractivity contribution in [3.63, 3.8) is 0 Å². The van der Waals surface area contributed by atoms with Crippen LogP contribution in [0.15, 0.2) is 11.6 Å². The minimum atomic E-state index is 0.337. The minimum Gasteiger partial charge on any atom is -0.324 e. The van der Waals surface area contributed by atoms with Gasteiger partial charge in [-0.1, -0.05) is 65.5 Å². The van der Waals surface area contributed by atoms with E-state index in [0.717, 1.165) is 35.5 Å². The van der Waals surface area contributed by atoms with Crippen molar-refractivity contribution in [2.45, 2.75) is 105 Å². The third-order valence-corrected chi connectivity index (χ3v) is 11.6. The standard InChI is InChI=1S/C27H45N/c1-17(2)7-6-8-18(3)27-16-13-21-19-9-10-22-24(28)23(27)11-14-25(22,4)20(19)12-15-26(21,27)5/h10,17-21,23-24H,6-9,11-16,28H2,1-5H3. The van der Waals surface area contributed by atoms with Crippen LogP contribution in [0.4, 0.5) is 0 Å². The van der Waals surface area contributed by atoms with E-state index in [2.05, 4.69) is 40.7 Å². The molecule has 0 radical (unpaired) electrons. The molecule has 0 aliphatic heterocycles. The van der Waals surface area contributed by atoms with E-state index in [1.54, 1.807) is 5.57 Å².